The highest BCUT2D eigenvalue weighted by Gasteiger charge is 2.32. The van der Waals surface area contributed by atoms with Gasteiger partial charge in [-0.15, -0.1) is 22.7 Å². The third kappa shape index (κ3) is 2.02. The Labute approximate surface area is 127 Å². The van der Waals surface area contributed by atoms with Gasteiger partial charge >= 0.3 is 0 Å². The Kier molecular flexibility index (Phi) is 3.15. The zero-order valence-electron chi connectivity index (χ0n) is 11.3. The highest BCUT2D eigenvalue weighted by atomic mass is 32.1. The van der Waals surface area contributed by atoms with Gasteiger partial charge in [-0.25, -0.2) is 0 Å². The number of carbonyl (C=O) groups excluding carboxylic acids is 1. The minimum atomic E-state index is 0.250. The SMILES string of the molecule is O=C(c1cc2c(s1)CCC2)N1CCC[C@@H]1c1cccs1. The predicted molar refractivity (Wildman–Crippen MR) is 83.7 cm³/mol. The average molecular weight is 303 g/mol. The lowest BCUT2D eigenvalue weighted by Crippen LogP contribution is -2.29. The van der Waals surface area contributed by atoms with Crippen LogP contribution in [0.25, 0.3) is 0 Å². The zero-order chi connectivity index (χ0) is 13.5. The van der Waals surface area contributed by atoms with E-state index in [0.717, 1.165) is 30.7 Å². The Morgan fingerprint density at radius 2 is 2.25 bits per heavy atom. The molecule has 2 nitrogen and oxygen atoms in total. The van der Waals surface area contributed by atoms with Crippen LogP contribution >= 0.6 is 22.7 Å². The maximum absolute atomic E-state index is 12.8. The van der Waals surface area contributed by atoms with Gasteiger partial charge in [0.2, 0.25) is 0 Å². The molecule has 0 N–H and O–H groups in total. The van der Waals surface area contributed by atoms with Crippen LogP contribution in [0.1, 0.15) is 50.3 Å². The summed E-state index contributed by atoms with van der Waals surface area (Å²) in [6, 6.07) is 6.70. The van der Waals surface area contributed by atoms with Crippen LogP contribution in [0.5, 0.6) is 0 Å². The van der Waals surface area contributed by atoms with Crippen LogP contribution in [0, 0.1) is 0 Å². The molecule has 0 aromatic carbocycles. The highest BCUT2D eigenvalue weighted by Crippen LogP contribution is 2.37. The lowest BCUT2D eigenvalue weighted by atomic mass is 10.2. The Morgan fingerprint density at radius 3 is 3.05 bits per heavy atom. The van der Waals surface area contributed by atoms with Crippen molar-refractivity contribution in [2.45, 2.75) is 38.1 Å². The van der Waals surface area contributed by atoms with Gasteiger partial charge in [-0.1, -0.05) is 6.07 Å². The molecule has 0 radical (unpaired) electrons. The van der Waals surface area contributed by atoms with Gasteiger partial charge in [-0.05, 0) is 55.2 Å². The topological polar surface area (TPSA) is 20.3 Å². The maximum Gasteiger partial charge on any atom is 0.264 e. The first-order valence-electron chi connectivity index (χ1n) is 7.29. The molecule has 1 saturated heterocycles. The first-order valence-corrected chi connectivity index (χ1v) is 8.98. The fourth-order valence-corrected chi connectivity index (χ4v) is 5.45. The van der Waals surface area contributed by atoms with Gasteiger partial charge in [0.15, 0.2) is 0 Å². The van der Waals surface area contributed by atoms with E-state index in [9.17, 15) is 4.79 Å². The van der Waals surface area contributed by atoms with Crippen LogP contribution in [-0.2, 0) is 12.8 Å². The molecule has 3 heterocycles. The monoisotopic (exact) mass is 303 g/mol. The summed E-state index contributed by atoms with van der Waals surface area (Å²) < 4.78 is 0. The predicted octanol–water partition coefficient (Wildman–Crippen LogP) is 4.28. The van der Waals surface area contributed by atoms with Gasteiger partial charge in [-0.3, -0.25) is 4.79 Å². The molecule has 20 heavy (non-hydrogen) atoms. The Bertz CT molecular complexity index is 607. The summed E-state index contributed by atoms with van der Waals surface area (Å²) in [5.74, 6) is 0.250. The summed E-state index contributed by atoms with van der Waals surface area (Å²) in [5, 5.41) is 2.11. The molecule has 1 atom stereocenters. The molecule has 0 saturated carbocycles. The quantitative estimate of drug-likeness (QED) is 0.811. The van der Waals surface area contributed by atoms with Crippen molar-refractivity contribution in [2.24, 2.45) is 0 Å². The van der Waals surface area contributed by atoms with Crippen LogP contribution in [0.4, 0.5) is 0 Å². The molecule has 104 valence electrons. The smallest absolute Gasteiger partial charge is 0.264 e. The summed E-state index contributed by atoms with van der Waals surface area (Å²) in [6.45, 7) is 0.907. The summed E-state index contributed by atoms with van der Waals surface area (Å²) >= 11 is 3.50. The van der Waals surface area contributed by atoms with Crippen molar-refractivity contribution in [3.05, 3.63) is 43.8 Å². The Morgan fingerprint density at radius 1 is 1.30 bits per heavy atom. The van der Waals surface area contributed by atoms with Crippen LogP contribution in [-0.4, -0.2) is 17.4 Å². The van der Waals surface area contributed by atoms with Crippen LogP contribution in [0.15, 0.2) is 23.6 Å². The maximum atomic E-state index is 12.8. The van der Waals surface area contributed by atoms with Gasteiger partial charge in [0.1, 0.15) is 0 Å². The molecule has 1 amide bonds. The van der Waals surface area contributed by atoms with Crippen molar-refractivity contribution in [1.29, 1.82) is 0 Å². The lowest BCUT2D eigenvalue weighted by molar-refractivity contribution is 0.0742. The van der Waals surface area contributed by atoms with Crippen molar-refractivity contribution < 1.29 is 4.79 Å². The second-order valence-electron chi connectivity index (χ2n) is 5.58. The largest absolute Gasteiger partial charge is 0.330 e. The zero-order valence-corrected chi connectivity index (χ0v) is 12.9. The first-order chi connectivity index (χ1) is 9.83. The number of fused-ring (bicyclic) bond motifs is 1. The number of aryl methyl sites for hydroxylation is 2. The number of amides is 1. The van der Waals surface area contributed by atoms with E-state index in [0.29, 0.717) is 6.04 Å². The molecule has 0 bridgehead atoms. The molecular formula is C16H17NOS2. The normalized spacial score (nSPS) is 21.4. The van der Waals surface area contributed by atoms with Crippen LogP contribution in [0.2, 0.25) is 0 Å². The van der Waals surface area contributed by atoms with Crippen LogP contribution in [0.3, 0.4) is 0 Å². The van der Waals surface area contributed by atoms with Gasteiger partial charge in [0.25, 0.3) is 5.91 Å². The van der Waals surface area contributed by atoms with E-state index in [1.54, 1.807) is 22.7 Å². The van der Waals surface area contributed by atoms with Gasteiger partial charge in [0.05, 0.1) is 10.9 Å². The standard InChI is InChI=1S/C16H17NOS2/c18-16(15-10-11-4-1-6-13(11)20-15)17-8-2-5-12(17)14-7-3-9-19-14/h3,7,9-10,12H,1-2,4-6,8H2/t12-/m1/s1. The third-order valence-electron chi connectivity index (χ3n) is 4.34. The van der Waals surface area contributed by atoms with Gasteiger partial charge < -0.3 is 4.90 Å². The van der Waals surface area contributed by atoms with E-state index in [1.165, 1.54) is 28.2 Å². The second kappa shape index (κ2) is 5.01. The minimum Gasteiger partial charge on any atom is -0.330 e. The molecule has 4 rings (SSSR count). The molecule has 1 fully saturated rings. The minimum absolute atomic E-state index is 0.250. The summed E-state index contributed by atoms with van der Waals surface area (Å²) in [7, 11) is 0. The molecule has 1 aliphatic heterocycles. The molecule has 1 aliphatic carbocycles. The molecule has 2 aromatic rings. The highest BCUT2D eigenvalue weighted by molar-refractivity contribution is 7.14. The summed E-state index contributed by atoms with van der Waals surface area (Å²) in [6.07, 6.45) is 5.82. The number of hydrogen-bond acceptors (Lipinski definition) is 3. The molecule has 0 spiro atoms. The lowest BCUT2D eigenvalue weighted by Gasteiger charge is -2.23. The fraction of sp³-hybridized carbons (Fsp3) is 0.438. The average Bonchev–Trinajstić information content (AvgIpc) is 3.19. The van der Waals surface area contributed by atoms with Gasteiger partial charge in [0, 0.05) is 16.3 Å². The number of nitrogens with zero attached hydrogens (tertiary/aromatic N) is 1. The van der Waals surface area contributed by atoms with E-state index < -0.39 is 0 Å². The number of hydrogen-bond donors (Lipinski definition) is 0. The number of likely N-dealkylation sites (tertiary alicyclic amines) is 1. The number of carbonyl (C=O) groups is 1. The number of rotatable bonds is 2. The van der Waals surface area contributed by atoms with Crippen molar-refractivity contribution in [2.75, 3.05) is 6.54 Å². The van der Waals surface area contributed by atoms with E-state index in [-0.39, 0.29) is 5.91 Å². The van der Waals surface area contributed by atoms with Crippen molar-refractivity contribution in [3.8, 4) is 0 Å². The second-order valence-corrected chi connectivity index (χ2v) is 7.70. The molecule has 0 unspecified atom stereocenters. The van der Waals surface area contributed by atoms with Gasteiger partial charge in [-0.2, -0.15) is 0 Å². The van der Waals surface area contributed by atoms with E-state index in [4.69, 9.17) is 0 Å². The summed E-state index contributed by atoms with van der Waals surface area (Å²) in [4.78, 5) is 18.6. The molecule has 2 aromatic heterocycles. The van der Waals surface area contributed by atoms with Crippen molar-refractivity contribution >= 4 is 28.6 Å². The van der Waals surface area contributed by atoms with Crippen molar-refractivity contribution in [1.82, 2.24) is 4.90 Å². The molecule has 2 aliphatic rings. The molecular weight excluding hydrogens is 286 g/mol. The number of thiophene rings is 2. The first kappa shape index (κ1) is 12.6. The van der Waals surface area contributed by atoms with E-state index in [2.05, 4.69) is 28.5 Å². The molecule has 4 heteroatoms. The van der Waals surface area contributed by atoms with Crippen LogP contribution < -0.4 is 0 Å². The fourth-order valence-electron chi connectivity index (χ4n) is 3.36. The summed E-state index contributed by atoms with van der Waals surface area (Å²) in [5.41, 5.74) is 1.42. The Hall–Kier alpha value is -1.13. The van der Waals surface area contributed by atoms with Crippen molar-refractivity contribution in [3.63, 3.8) is 0 Å². The van der Waals surface area contributed by atoms with E-state index in [1.807, 2.05) is 0 Å². The Balaban J connectivity index is 1.60. The van der Waals surface area contributed by atoms with E-state index >= 15 is 0 Å². The third-order valence-corrected chi connectivity index (χ3v) is 6.54.